The van der Waals surface area contributed by atoms with E-state index in [2.05, 4.69) is 6.92 Å². The maximum atomic E-state index is 11.6. The topological polar surface area (TPSA) is 66.8 Å². The molecule has 1 heterocycles. The minimum Gasteiger partial charge on any atom is -0.508 e. The predicted molar refractivity (Wildman–Crippen MR) is 75.7 cm³/mol. The van der Waals surface area contributed by atoms with Crippen molar-refractivity contribution in [3.05, 3.63) is 23.3 Å². The molecule has 4 nitrogen and oxygen atoms in total. The first kappa shape index (κ1) is 14.7. The van der Waals surface area contributed by atoms with E-state index in [9.17, 15) is 15.0 Å². The van der Waals surface area contributed by atoms with Gasteiger partial charge in [0.25, 0.3) is 0 Å². The third-order valence-corrected chi connectivity index (χ3v) is 3.73. The molecule has 0 radical (unpaired) electrons. The highest BCUT2D eigenvalue weighted by Crippen LogP contribution is 2.39. The van der Waals surface area contributed by atoms with Gasteiger partial charge in [-0.25, -0.2) is 0 Å². The summed E-state index contributed by atoms with van der Waals surface area (Å²) in [7, 11) is 0. The van der Waals surface area contributed by atoms with Crippen LogP contribution in [0.5, 0.6) is 11.5 Å². The molecule has 20 heavy (non-hydrogen) atoms. The lowest BCUT2D eigenvalue weighted by Crippen LogP contribution is -2.21. The summed E-state index contributed by atoms with van der Waals surface area (Å²) in [5, 5.41) is 19.5. The number of unbranched alkanes of at least 4 members (excludes halogenated alkanes) is 4. The van der Waals surface area contributed by atoms with Gasteiger partial charge < -0.3 is 14.9 Å². The van der Waals surface area contributed by atoms with Crippen molar-refractivity contribution in [3.63, 3.8) is 0 Å². The molecule has 110 valence electrons. The molecule has 4 heteroatoms. The van der Waals surface area contributed by atoms with Crippen molar-refractivity contribution in [1.82, 2.24) is 0 Å². The Labute approximate surface area is 119 Å². The van der Waals surface area contributed by atoms with Crippen LogP contribution in [0.4, 0.5) is 0 Å². The molecule has 1 atom stereocenters. The summed E-state index contributed by atoms with van der Waals surface area (Å²) in [5.74, 6) is -0.287. The van der Waals surface area contributed by atoms with Crippen LogP contribution < -0.4 is 0 Å². The average molecular weight is 278 g/mol. The van der Waals surface area contributed by atoms with E-state index in [0.717, 1.165) is 19.3 Å². The zero-order valence-electron chi connectivity index (χ0n) is 11.9. The number of phenolic OH excluding ortho intramolecular Hbond substituents is 2. The van der Waals surface area contributed by atoms with Crippen molar-refractivity contribution < 1.29 is 19.7 Å². The van der Waals surface area contributed by atoms with Crippen LogP contribution >= 0.6 is 0 Å². The molecular formula is C16H22O4. The predicted octanol–water partition coefficient (Wildman–Crippen LogP) is 3.60. The number of ether oxygens (including phenoxy) is 1. The van der Waals surface area contributed by atoms with Gasteiger partial charge in [0.2, 0.25) is 0 Å². The third-order valence-electron chi connectivity index (χ3n) is 3.73. The van der Waals surface area contributed by atoms with Crippen molar-refractivity contribution in [3.8, 4) is 11.5 Å². The average Bonchev–Trinajstić information content (AvgIpc) is 2.36. The molecule has 0 aliphatic carbocycles. The number of carbonyl (C=O) groups is 1. The number of esters is 1. The molecule has 0 unspecified atom stereocenters. The Kier molecular flexibility index (Phi) is 4.88. The van der Waals surface area contributed by atoms with Crippen LogP contribution in [-0.2, 0) is 16.0 Å². The van der Waals surface area contributed by atoms with Crippen LogP contribution in [0, 0.1) is 0 Å². The smallest absolute Gasteiger partial charge is 0.310 e. The minimum absolute atomic E-state index is 0.0161. The number of cyclic esters (lactones) is 1. The van der Waals surface area contributed by atoms with Crippen molar-refractivity contribution >= 4 is 5.97 Å². The standard InChI is InChI=1S/C16H22O4/c1-2-3-4-5-6-7-14-16-11(9-15(19)20-14)8-12(17)10-13(16)18/h8,10,14,17-18H,2-7,9H2,1H3/t14-/m0/s1. The van der Waals surface area contributed by atoms with Crippen LogP contribution in [0.15, 0.2) is 12.1 Å². The molecule has 0 saturated carbocycles. The van der Waals surface area contributed by atoms with E-state index in [-0.39, 0.29) is 30.0 Å². The lowest BCUT2D eigenvalue weighted by atomic mass is 9.92. The molecule has 2 N–H and O–H groups in total. The summed E-state index contributed by atoms with van der Waals surface area (Å²) in [6.07, 6.45) is 6.14. The van der Waals surface area contributed by atoms with Gasteiger partial charge in [0.15, 0.2) is 0 Å². The molecule has 2 rings (SSSR count). The molecule has 0 fully saturated rings. The number of hydrogen-bond donors (Lipinski definition) is 2. The highest BCUT2D eigenvalue weighted by molar-refractivity contribution is 5.76. The first-order valence-corrected chi connectivity index (χ1v) is 7.36. The van der Waals surface area contributed by atoms with E-state index in [0.29, 0.717) is 11.1 Å². The van der Waals surface area contributed by atoms with Gasteiger partial charge in [0, 0.05) is 11.6 Å². The number of rotatable bonds is 6. The summed E-state index contributed by atoms with van der Waals surface area (Å²) in [6.45, 7) is 2.17. The summed E-state index contributed by atoms with van der Waals surface area (Å²) in [5.41, 5.74) is 1.34. The number of hydrogen-bond acceptors (Lipinski definition) is 4. The molecule has 1 aliphatic heterocycles. The van der Waals surface area contributed by atoms with E-state index in [4.69, 9.17) is 4.74 Å². The Balaban J connectivity index is 2.06. The summed E-state index contributed by atoms with van der Waals surface area (Å²) in [6, 6.07) is 2.85. The zero-order valence-corrected chi connectivity index (χ0v) is 11.9. The molecule has 0 spiro atoms. The van der Waals surface area contributed by atoms with Crippen molar-refractivity contribution in [2.75, 3.05) is 0 Å². The van der Waals surface area contributed by atoms with Gasteiger partial charge in [-0.3, -0.25) is 4.79 Å². The van der Waals surface area contributed by atoms with Crippen LogP contribution in [0.25, 0.3) is 0 Å². The van der Waals surface area contributed by atoms with Gasteiger partial charge in [-0.15, -0.1) is 0 Å². The summed E-state index contributed by atoms with van der Waals surface area (Å²) in [4.78, 5) is 11.6. The Hall–Kier alpha value is -1.71. The molecule has 0 bridgehead atoms. The number of aromatic hydroxyl groups is 2. The molecule has 0 saturated heterocycles. The summed E-state index contributed by atoms with van der Waals surface area (Å²) >= 11 is 0. The second-order valence-corrected chi connectivity index (χ2v) is 5.40. The maximum absolute atomic E-state index is 11.6. The largest absolute Gasteiger partial charge is 0.508 e. The van der Waals surface area contributed by atoms with E-state index in [1.165, 1.54) is 25.3 Å². The van der Waals surface area contributed by atoms with Gasteiger partial charge in [-0.05, 0) is 24.5 Å². The van der Waals surface area contributed by atoms with Crippen LogP contribution in [0.3, 0.4) is 0 Å². The molecule has 1 aromatic rings. The molecule has 1 aromatic carbocycles. The molecule has 1 aliphatic rings. The van der Waals surface area contributed by atoms with Gasteiger partial charge in [-0.2, -0.15) is 0 Å². The zero-order chi connectivity index (χ0) is 14.5. The summed E-state index contributed by atoms with van der Waals surface area (Å²) < 4.78 is 5.36. The SMILES string of the molecule is CCCCCCC[C@@H]1OC(=O)Cc2cc(O)cc(O)c21. The monoisotopic (exact) mass is 278 g/mol. The number of fused-ring (bicyclic) bond motifs is 1. The Morgan fingerprint density at radius 3 is 2.70 bits per heavy atom. The van der Waals surface area contributed by atoms with Crippen molar-refractivity contribution in [1.29, 1.82) is 0 Å². The van der Waals surface area contributed by atoms with E-state index in [1.807, 2.05) is 0 Å². The van der Waals surface area contributed by atoms with Gasteiger partial charge in [0.05, 0.1) is 6.42 Å². The lowest BCUT2D eigenvalue weighted by molar-refractivity contribution is -0.150. The fourth-order valence-electron chi connectivity index (χ4n) is 2.75. The van der Waals surface area contributed by atoms with Gasteiger partial charge in [0.1, 0.15) is 17.6 Å². The van der Waals surface area contributed by atoms with E-state index >= 15 is 0 Å². The van der Waals surface area contributed by atoms with Gasteiger partial charge >= 0.3 is 5.97 Å². The van der Waals surface area contributed by atoms with Crippen LogP contribution in [0.2, 0.25) is 0 Å². The van der Waals surface area contributed by atoms with Crippen molar-refractivity contribution in [2.24, 2.45) is 0 Å². The van der Waals surface area contributed by atoms with Crippen molar-refractivity contribution in [2.45, 2.75) is 58.0 Å². The van der Waals surface area contributed by atoms with E-state index in [1.54, 1.807) is 6.07 Å². The van der Waals surface area contributed by atoms with Crippen LogP contribution in [-0.4, -0.2) is 16.2 Å². The first-order chi connectivity index (χ1) is 9.61. The second kappa shape index (κ2) is 6.64. The first-order valence-electron chi connectivity index (χ1n) is 7.36. The quantitative estimate of drug-likeness (QED) is 0.616. The molecular weight excluding hydrogens is 256 g/mol. The van der Waals surface area contributed by atoms with Gasteiger partial charge in [-0.1, -0.05) is 32.6 Å². The highest BCUT2D eigenvalue weighted by Gasteiger charge is 2.29. The third kappa shape index (κ3) is 3.44. The minimum atomic E-state index is -0.381. The Morgan fingerprint density at radius 2 is 1.95 bits per heavy atom. The number of benzene rings is 1. The van der Waals surface area contributed by atoms with Crippen LogP contribution in [0.1, 0.15) is 62.7 Å². The Bertz CT molecular complexity index is 482. The highest BCUT2D eigenvalue weighted by atomic mass is 16.5. The Morgan fingerprint density at radius 1 is 1.20 bits per heavy atom. The molecule has 0 aromatic heterocycles. The fraction of sp³-hybridized carbons (Fsp3) is 0.562. The lowest BCUT2D eigenvalue weighted by Gasteiger charge is -2.26. The van der Waals surface area contributed by atoms with E-state index < -0.39 is 0 Å². The second-order valence-electron chi connectivity index (χ2n) is 5.40. The fourth-order valence-corrected chi connectivity index (χ4v) is 2.75. The number of carbonyl (C=O) groups excluding carboxylic acids is 1. The maximum Gasteiger partial charge on any atom is 0.310 e. The normalized spacial score (nSPS) is 17.6. The number of phenols is 2. The molecule has 0 amide bonds.